The van der Waals surface area contributed by atoms with Crippen molar-refractivity contribution in [3.8, 4) is 0 Å². The highest BCUT2D eigenvalue weighted by Gasteiger charge is 2.19. The van der Waals surface area contributed by atoms with Crippen LogP contribution in [0.25, 0.3) is 0 Å². The molecular formula is C13H18BrNO2. The first-order valence-corrected chi connectivity index (χ1v) is 6.77. The van der Waals surface area contributed by atoms with E-state index in [1.807, 2.05) is 18.2 Å². The molecule has 1 fully saturated rings. The molecular weight excluding hydrogens is 282 g/mol. The van der Waals surface area contributed by atoms with Gasteiger partial charge in [0.25, 0.3) is 0 Å². The van der Waals surface area contributed by atoms with E-state index in [0.717, 1.165) is 41.7 Å². The Morgan fingerprint density at radius 3 is 2.53 bits per heavy atom. The predicted octanol–water partition coefficient (Wildman–Crippen LogP) is 2.46. The van der Waals surface area contributed by atoms with Crippen LogP contribution in [0.4, 0.5) is 5.69 Å². The molecule has 1 atom stereocenters. The van der Waals surface area contributed by atoms with Crippen molar-refractivity contribution in [2.75, 3.05) is 18.0 Å². The number of hydrogen-bond acceptors (Lipinski definition) is 3. The van der Waals surface area contributed by atoms with E-state index in [9.17, 15) is 10.2 Å². The van der Waals surface area contributed by atoms with Gasteiger partial charge in [0.05, 0.1) is 17.9 Å². The molecule has 0 aromatic heterocycles. The molecule has 1 aliphatic rings. The molecule has 0 spiro atoms. The molecule has 1 heterocycles. The topological polar surface area (TPSA) is 43.7 Å². The van der Waals surface area contributed by atoms with Crippen LogP contribution in [-0.4, -0.2) is 29.4 Å². The van der Waals surface area contributed by atoms with Crippen LogP contribution in [0.2, 0.25) is 0 Å². The van der Waals surface area contributed by atoms with E-state index < -0.39 is 6.10 Å². The van der Waals surface area contributed by atoms with Crippen LogP contribution in [0.1, 0.15) is 31.4 Å². The van der Waals surface area contributed by atoms with E-state index in [4.69, 9.17) is 0 Å². The lowest BCUT2D eigenvalue weighted by Gasteiger charge is -2.32. The Balaban J connectivity index is 2.16. The van der Waals surface area contributed by atoms with Gasteiger partial charge in [-0.15, -0.1) is 0 Å². The monoisotopic (exact) mass is 299 g/mol. The number of anilines is 1. The maximum atomic E-state index is 9.52. The molecule has 0 bridgehead atoms. The highest BCUT2D eigenvalue weighted by molar-refractivity contribution is 9.10. The molecule has 2 rings (SSSR count). The molecule has 3 nitrogen and oxygen atoms in total. The maximum absolute atomic E-state index is 9.52. The zero-order valence-corrected chi connectivity index (χ0v) is 11.5. The number of nitrogens with zero attached hydrogens (tertiary/aromatic N) is 1. The zero-order chi connectivity index (χ0) is 12.4. The summed E-state index contributed by atoms with van der Waals surface area (Å²) >= 11 is 3.55. The minimum Gasteiger partial charge on any atom is -0.393 e. The van der Waals surface area contributed by atoms with Gasteiger partial charge >= 0.3 is 0 Å². The second-order valence-electron chi connectivity index (χ2n) is 4.61. The molecule has 2 N–H and O–H groups in total. The van der Waals surface area contributed by atoms with Crippen molar-refractivity contribution >= 4 is 21.6 Å². The maximum Gasteiger partial charge on any atom is 0.0762 e. The lowest BCUT2D eigenvalue weighted by Crippen LogP contribution is -2.35. The quantitative estimate of drug-likeness (QED) is 0.882. The summed E-state index contributed by atoms with van der Waals surface area (Å²) in [5.41, 5.74) is 2.05. The van der Waals surface area contributed by atoms with Gasteiger partial charge in [0.1, 0.15) is 0 Å². The standard InChI is InChI=1S/C13H18BrNO2/c1-9(16)10-2-3-13(12(14)8-10)15-6-4-11(17)5-7-15/h2-3,8-9,11,16-17H,4-7H2,1H3. The van der Waals surface area contributed by atoms with Crippen molar-refractivity contribution in [3.63, 3.8) is 0 Å². The van der Waals surface area contributed by atoms with Crippen LogP contribution in [0.15, 0.2) is 22.7 Å². The molecule has 1 aromatic carbocycles. The summed E-state index contributed by atoms with van der Waals surface area (Å²) in [6, 6.07) is 5.95. The predicted molar refractivity (Wildman–Crippen MR) is 72.2 cm³/mol. The number of aliphatic hydroxyl groups excluding tert-OH is 2. The summed E-state index contributed by atoms with van der Waals surface area (Å²) < 4.78 is 1.01. The van der Waals surface area contributed by atoms with Gasteiger partial charge in [-0.3, -0.25) is 0 Å². The summed E-state index contributed by atoms with van der Waals surface area (Å²) in [5, 5.41) is 19.0. The Hall–Kier alpha value is -0.580. The van der Waals surface area contributed by atoms with E-state index in [-0.39, 0.29) is 6.10 Å². The van der Waals surface area contributed by atoms with Gasteiger partial charge in [-0.05, 0) is 53.4 Å². The van der Waals surface area contributed by atoms with E-state index >= 15 is 0 Å². The minimum atomic E-state index is -0.441. The highest BCUT2D eigenvalue weighted by Crippen LogP contribution is 2.31. The van der Waals surface area contributed by atoms with Crippen molar-refractivity contribution in [1.82, 2.24) is 0 Å². The van der Waals surface area contributed by atoms with Crippen molar-refractivity contribution in [2.24, 2.45) is 0 Å². The molecule has 17 heavy (non-hydrogen) atoms. The molecule has 0 radical (unpaired) electrons. The molecule has 1 aromatic rings. The zero-order valence-electron chi connectivity index (χ0n) is 9.93. The number of halogens is 1. The summed E-state index contributed by atoms with van der Waals surface area (Å²) in [7, 11) is 0. The Bertz CT molecular complexity index is 387. The summed E-state index contributed by atoms with van der Waals surface area (Å²) in [6.45, 7) is 3.53. The van der Waals surface area contributed by atoms with E-state index in [0.29, 0.717) is 0 Å². The van der Waals surface area contributed by atoms with Crippen molar-refractivity contribution in [1.29, 1.82) is 0 Å². The lowest BCUT2D eigenvalue weighted by molar-refractivity contribution is 0.145. The summed E-state index contributed by atoms with van der Waals surface area (Å²) in [5.74, 6) is 0. The third-order valence-corrected chi connectivity index (χ3v) is 3.89. The summed E-state index contributed by atoms with van der Waals surface area (Å²) in [4.78, 5) is 2.27. The molecule has 94 valence electrons. The Labute approximate surface area is 110 Å². The van der Waals surface area contributed by atoms with E-state index in [1.54, 1.807) is 6.92 Å². The fourth-order valence-corrected chi connectivity index (χ4v) is 2.79. The average Bonchev–Trinajstić information content (AvgIpc) is 2.30. The average molecular weight is 300 g/mol. The van der Waals surface area contributed by atoms with Crippen LogP contribution in [-0.2, 0) is 0 Å². The van der Waals surface area contributed by atoms with Gasteiger partial charge in [-0.25, -0.2) is 0 Å². The molecule has 4 heteroatoms. The Kier molecular flexibility index (Phi) is 4.07. The van der Waals surface area contributed by atoms with Crippen molar-refractivity contribution in [3.05, 3.63) is 28.2 Å². The largest absolute Gasteiger partial charge is 0.393 e. The Morgan fingerprint density at radius 1 is 1.35 bits per heavy atom. The van der Waals surface area contributed by atoms with Gasteiger partial charge in [0, 0.05) is 17.6 Å². The minimum absolute atomic E-state index is 0.151. The van der Waals surface area contributed by atoms with Gasteiger partial charge < -0.3 is 15.1 Å². The van der Waals surface area contributed by atoms with Gasteiger partial charge in [0.15, 0.2) is 0 Å². The third kappa shape index (κ3) is 3.00. The van der Waals surface area contributed by atoms with Crippen molar-refractivity contribution < 1.29 is 10.2 Å². The second-order valence-corrected chi connectivity index (χ2v) is 5.46. The molecule has 1 saturated heterocycles. The first-order chi connectivity index (χ1) is 8.08. The van der Waals surface area contributed by atoms with Gasteiger partial charge in [-0.1, -0.05) is 6.07 Å². The fourth-order valence-electron chi connectivity index (χ4n) is 2.15. The SMILES string of the molecule is CC(O)c1ccc(N2CCC(O)CC2)c(Br)c1. The van der Waals surface area contributed by atoms with Crippen LogP contribution in [0.3, 0.4) is 0 Å². The van der Waals surface area contributed by atoms with Crippen LogP contribution in [0.5, 0.6) is 0 Å². The van der Waals surface area contributed by atoms with Crippen LogP contribution in [0, 0.1) is 0 Å². The first kappa shape index (κ1) is 12.9. The number of hydrogen-bond donors (Lipinski definition) is 2. The Morgan fingerprint density at radius 2 is 2.00 bits per heavy atom. The first-order valence-electron chi connectivity index (χ1n) is 5.98. The molecule has 1 aliphatic heterocycles. The molecule has 1 unspecified atom stereocenters. The normalized spacial score (nSPS) is 19.4. The van der Waals surface area contributed by atoms with Gasteiger partial charge in [0.2, 0.25) is 0 Å². The number of aliphatic hydroxyl groups is 2. The lowest BCUT2D eigenvalue weighted by atomic mass is 10.1. The number of piperidine rings is 1. The number of benzene rings is 1. The third-order valence-electron chi connectivity index (χ3n) is 3.26. The fraction of sp³-hybridized carbons (Fsp3) is 0.538. The smallest absolute Gasteiger partial charge is 0.0762 e. The molecule has 0 amide bonds. The molecule has 0 saturated carbocycles. The van der Waals surface area contributed by atoms with Gasteiger partial charge in [-0.2, -0.15) is 0 Å². The summed E-state index contributed by atoms with van der Waals surface area (Å²) in [6.07, 6.45) is 1.06. The molecule has 0 aliphatic carbocycles. The van der Waals surface area contributed by atoms with E-state index in [1.165, 1.54) is 0 Å². The van der Waals surface area contributed by atoms with Crippen LogP contribution < -0.4 is 4.90 Å². The van der Waals surface area contributed by atoms with E-state index in [2.05, 4.69) is 20.8 Å². The second kappa shape index (κ2) is 5.38. The van der Waals surface area contributed by atoms with Crippen LogP contribution >= 0.6 is 15.9 Å². The number of rotatable bonds is 2. The highest BCUT2D eigenvalue weighted by atomic mass is 79.9. The van der Waals surface area contributed by atoms with Crippen molar-refractivity contribution in [2.45, 2.75) is 32.0 Å².